The summed E-state index contributed by atoms with van der Waals surface area (Å²) in [5, 5.41) is 0. The molecule has 0 unspecified atom stereocenters. The Bertz CT molecular complexity index is 656. The third-order valence-electron chi connectivity index (χ3n) is 3.25. The molecule has 0 fully saturated rings. The number of anilines is 2. The quantitative estimate of drug-likeness (QED) is 0.823. The largest absolute Gasteiger partial charge is 0.497 e. The molecular formula is C16H19N3O2. The minimum absolute atomic E-state index is 0.417. The summed E-state index contributed by atoms with van der Waals surface area (Å²) in [6.45, 7) is 0.626. The average molecular weight is 285 g/mol. The summed E-state index contributed by atoms with van der Waals surface area (Å²) in [6, 6.07) is 12.9. The standard InChI is InChI=1S/C16H19N3O2/c1-19(10-11-4-3-5-13(8-11)21-2)15-7-6-12(17)9-14(15)16(18)20/h3-9H,10,17H2,1-2H3,(H2,18,20). The Hall–Kier alpha value is -2.69. The number of hydrogen-bond donors (Lipinski definition) is 2. The number of nitrogens with zero attached hydrogens (tertiary/aromatic N) is 1. The van der Waals surface area contributed by atoms with Crippen LogP contribution in [0.1, 0.15) is 15.9 Å². The number of ether oxygens (including phenoxy) is 1. The monoisotopic (exact) mass is 285 g/mol. The van der Waals surface area contributed by atoms with Gasteiger partial charge in [0.15, 0.2) is 0 Å². The second-order valence-corrected chi connectivity index (χ2v) is 4.85. The summed E-state index contributed by atoms with van der Waals surface area (Å²) in [5.41, 5.74) is 13.9. The van der Waals surface area contributed by atoms with Gasteiger partial charge < -0.3 is 21.1 Å². The third-order valence-corrected chi connectivity index (χ3v) is 3.25. The molecule has 4 N–H and O–H groups in total. The van der Waals surface area contributed by atoms with Crippen molar-refractivity contribution >= 4 is 17.3 Å². The molecule has 2 rings (SSSR count). The first-order valence-electron chi connectivity index (χ1n) is 6.54. The van der Waals surface area contributed by atoms with Crippen LogP contribution in [0.5, 0.6) is 5.75 Å². The molecule has 110 valence electrons. The molecule has 0 atom stereocenters. The van der Waals surface area contributed by atoms with E-state index in [1.165, 1.54) is 0 Å². The fourth-order valence-corrected chi connectivity index (χ4v) is 2.21. The fraction of sp³-hybridized carbons (Fsp3) is 0.188. The maximum Gasteiger partial charge on any atom is 0.250 e. The van der Waals surface area contributed by atoms with Crippen molar-refractivity contribution in [3.05, 3.63) is 53.6 Å². The van der Waals surface area contributed by atoms with Gasteiger partial charge in [-0.2, -0.15) is 0 Å². The van der Waals surface area contributed by atoms with Gasteiger partial charge in [-0.05, 0) is 35.9 Å². The summed E-state index contributed by atoms with van der Waals surface area (Å²) in [6.07, 6.45) is 0. The molecule has 2 aromatic rings. The molecule has 0 radical (unpaired) electrons. The summed E-state index contributed by atoms with van der Waals surface area (Å²) < 4.78 is 5.21. The van der Waals surface area contributed by atoms with Crippen molar-refractivity contribution in [2.45, 2.75) is 6.54 Å². The fourth-order valence-electron chi connectivity index (χ4n) is 2.21. The van der Waals surface area contributed by atoms with Gasteiger partial charge in [-0.1, -0.05) is 12.1 Å². The van der Waals surface area contributed by atoms with Gasteiger partial charge in [0, 0.05) is 25.0 Å². The lowest BCUT2D eigenvalue weighted by Crippen LogP contribution is -2.22. The van der Waals surface area contributed by atoms with E-state index >= 15 is 0 Å². The lowest BCUT2D eigenvalue weighted by molar-refractivity contribution is 0.100. The summed E-state index contributed by atoms with van der Waals surface area (Å²) in [7, 11) is 3.53. The zero-order valence-corrected chi connectivity index (χ0v) is 12.2. The van der Waals surface area contributed by atoms with Crippen molar-refractivity contribution in [2.24, 2.45) is 5.73 Å². The smallest absolute Gasteiger partial charge is 0.250 e. The highest BCUT2D eigenvalue weighted by Gasteiger charge is 2.13. The van der Waals surface area contributed by atoms with Crippen LogP contribution >= 0.6 is 0 Å². The molecule has 0 bridgehead atoms. The highest BCUT2D eigenvalue weighted by Crippen LogP contribution is 2.24. The SMILES string of the molecule is COc1cccc(CN(C)c2ccc(N)cc2C(N)=O)c1. The molecule has 2 aromatic carbocycles. The molecule has 0 saturated carbocycles. The molecule has 0 spiro atoms. The van der Waals surface area contributed by atoms with Crippen molar-refractivity contribution in [1.29, 1.82) is 0 Å². The number of nitrogens with two attached hydrogens (primary N) is 2. The van der Waals surface area contributed by atoms with Gasteiger partial charge in [0.2, 0.25) is 0 Å². The Balaban J connectivity index is 2.27. The van der Waals surface area contributed by atoms with E-state index in [2.05, 4.69) is 0 Å². The van der Waals surface area contributed by atoms with Crippen LogP contribution in [0.25, 0.3) is 0 Å². The minimum Gasteiger partial charge on any atom is -0.497 e. The van der Waals surface area contributed by atoms with Crippen molar-refractivity contribution in [2.75, 3.05) is 24.8 Å². The maximum atomic E-state index is 11.6. The Kier molecular flexibility index (Phi) is 4.33. The third kappa shape index (κ3) is 3.45. The van der Waals surface area contributed by atoms with E-state index in [0.29, 0.717) is 17.8 Å². The number of carbonyl (C=O) groups is 1. The highest BCUT2D eigenvalue weighted by atomic mass is 16.5. The predicted molar refractivity (Wildman–Crippen MR) is 84.5 cm³/mol. The van der Waals surface area contributed by atoms with E-state index in [4.69, 9.17) is 16.2 Å². The van der Waals surface area contributed by atoms with Crippen LogP contribution < -0.4 is 21.1 Å². The van der Waals surface area contributed by atoms with Gasteiger partial charge in [-0.25, -0.2) is 0 Å². The molecule has 0 saturated heterocycles. The molecule has 0 aromatic heterocycles. The molecule has 0 aliphatic rings. The molecular weight excluding hydrogens is 266 g/mol. The van der Waals surface area contributed by atoms with Crippen molar-refractivity contribution < 1.29 is 9.53 Å². The lowest BCUT2D eigenvalue weighted by atomic mass is 10.1. The normalized spacial score (nSPS) is 10.2. The van der Waals surface area contributed by atoms with Crippen LogP contribution in [0.15, 0.2) is 42.5 Å². The number of nitrogen functional groups attached to an aromatic ring is 1. The van der Waals surface area contributed by atoms with Crippen molar-refractivity contribution in [1.82, 2.24) is 0 Å². The molecule has 5 nitrogen and oxygen atoms in total. The Labute approximate surface area is 124 Å². The number of rotatable bonds is 5. The van der Waals surface area contributed by atoms with Crippen LogP contribution in [-0.4, -0.2) is 20.1 Å². The van der Waals surface area contributed by atoms with E-state index in [9.17, 15) is 4.79 Å². The first kappa shape index (κ1) is 14.7. The number of hydrogen-bond acceptors (Lipinski definition) is 4. The highest BCUT2D eigenvalue weighted by molar-refractivity contribution is 5.99. The Morgan fingerprint density at radius 3 is 2.67 bits per heavy atom. The second-order valence-electron chi connectivity index (χ2n) is 4.85. The summed E-state index contributed by atoms with van der Waals surface area (Å²) in [5.74, 6) is 0.308. The van der Waals surface area contributed by atoms with Gasteiger partial charge in [0.25, 0.3) is 5.91 Å². The lowest BCUT2D eigenvalue weighted by Gasteiger charge is -2.22. The first-order chi connectivity index (χ1) is 10.0. The van der Waals surface area contributed by atoms with Gasteiger partial charge in [0.05, 0.1) is 12.7 Å². The zero-order chi connectivity index (χ0) is 15.4. The van der Waals surface area contributed by atoms with Crippen LogP contribution in [-0.2, 0) is 6.54 Å². The Morgan fingerprint density at radius 1 is 1.24 bits per heavy atom. The number of methoxy groups -OCH3 is 1. The predicted octanol–water partition coefficient (Wildman–Crippen LogP) is 2.01. The van der Waals surface area contributed by atoms with Gasteiger partial charge in [0.1, 0.15) is 5.75 Å². The van der Waals surface area contributed by atoms with Crippen molar-refractivity contribution in [3.63, 3.8) is 0 Å². The molecule has 21 heavy (non-hydrogen) atoms. The molecule has 1 amide bonds. The van der Waals surface area contributed by atoms with E-state index in [1.807, 2.05) is 36.2 Å². The van der Waals surface area contributed by atoms with Gasteiger partial charge in [-0.15, -0.1) is 0 Å². The van der Waals surface area contributed by atoms with E-state index in [-0.39, 0.29) is 0 Å². The molecule has 5 heteroatoms. The van der Waals surface area contributed by atoms with E-state index in [1.54, 1.807) is 25.3 Å². The number of amides is 1. The number of primary amides is 1. The van der Waals surface area contributed by atoms with Gasteiger partial charge >= 0.3 is 0 Å². The molecule has 0 aliphatic heterocycles. The van der Waals surface area contributed by atoms with Gasteiger partial charge in [-0.3, -0.25) is 4.79 Å². The summed E-state index contributed by atoms with van der Waals surface area (Å²) in [4.78, 5) is 13.5. The Morgan fingerprint density at radius 2 is 2.00 bits per heavy atom. The van der Waals surface area contributed by atoms with Crippen LogP contribution in [0.2, 0.25) is 0 Å². The second kappa shape index (κ2) is 6.17. The van der Waals surface area contributed by atoms with Crippen LogP contribution in [0.3, 0.4) is 0 Å². The van der Waals surface area contributed by atoms with Crippen LogP contribution in [0, 0.1) is 0 Å². The summed E-state index contributed by atoms with van der Waals surface area (Å²) >= 11 is 0. The van der Waals surface area contributed by atoms with E-state index < -0.39 is 5.91 Å². The van der Waals surface area contributed by atoms with Crippen LogP contribution in [0.4, 0.5) is 11.4 Å². The molecule has 0 aliphatic carbocycles. The van der Waals surface area contributed by atoms with E-state index in [0.717, 1.165) is 17.0 Å². The minimum atomic E-state index is -0.491. The zero-order valence-electron chi connectivity index (χ0n) is 12.2. The average Bonchev–Trinajstić information content (AvgIpc) is 2.47. The first-order valence-corrected chi connectivity index (χ1v) is 6.54. The van der Waals surface area contributed by atoms with Crippen molar-refractivity contribution in [3.8, 4) is 5.75 Å². The topological polar surface area (TPSA) is 81.6 Å². The number of carbonyl (C=O) groups excluding carboxylic acids is 1. The molecule has 0 heterocycles. The maximum absolute atomic E-state index is 11.6. The number of benzene rings is 2.